The normalized spacial score (nSPS) is 32.7. The molecule has 1 unspecified atom stereocenters. The maximum Gasteiger partial charge on any atom is 0.316 e. The molecule has 0 aliphatic carbocycles. The summed E-state index contributed by atoms with van der Waals surface area (Å²) in [6.45, 7) is -0.259. The zero-order chi connectivity index (χ0) is 15.7. The van der Waals surface area contributed by atoms with Crippen molar-refractivity contribution in [1.29, 1.82) is 0 Å². The summed E-state index contributed by atoms with van der Waals surface area (Å²) in [5, 5.41) is 19.6. The first-order valence-corrected chi connectivity index (χ1v) is 7.86. The van der Waals surface area contributed by atoms with E-state index in [1.165, 1.54) is 0 Å². The molecule has 1 aromatic rings. The number of rotatable bonds is 4. The standard InChI is InChI=1S/C17H23NO4/c1-18-12-7-13(9-15(18)16(20)8-12)22-17(21)14(10-19)11-5-3-2-4-6-11/h2-6,12-16,19-20H,7-10H2,1H3/t12-,13-,14?,15+,16-/m1/s1. The highest BCUT2D eigenvalue weighted by molar-refractivity contribution is 5.78. The summed E-state index contributed by atoms with van der Waals surface area (Å²) in [5.74, 6) is -1.01. The molecule has 2 bridgehead atoms. The molecule has 0 saturated carbocycles. The Morgan fingerprint density at radius 3 is 2.68 bits per heavy atom. The Morgan fingerprint density at radius 2 is 2.05 bits per heavy atom. The molecule has 0 radical (unpaired) electrons. The van der Waals surface area contributed by atoms with Gasteiger partial charge in [0, 0.05) is 24.9 Å². The molecule has 22 heavy (non-hydrogen) atoms. The van der Waals surface area contributed by atoms with Gasteiger partial charge in [-0.2, -0.15) is 0 Å². The van der Waals surface area contributed by atoms with Crippen molar-refractivity contribution in [3.8, 4) is 0 Å². The second kappa shape index (κ2) is 6.36. The lowest BCUT2D eigenvalue weighted by Crippen LogP contribution is -2.45. The predicted octanol–water partition coefficient (Wildman–Crippen LogP) is 0.902. The molecule has 3 rings (SSSR count). The predicted molar refractivity (Wildman–Crippen MR) is 81.3 cm³/mol. The largest absolute Gasteiger partial charge is 0.462 e. The third kappa shape index (κ3) is 2.89. The molecule has 0 aromatic heterocycles. The van der Waals surface area contributed by atoms with Crippen molar-refractivity contribution >= 4 is 5.97 Å². The summed E-state index contributed by atoms with van der Waals surface area (Å²) in [7, 11) is 2.02. The first kappa shape index (κ1) is 15.5. The Balaban J connectivity index is 1.65. The monoisotopic (exact) mass is 305 g/mol. The average molecular weight is 305 g/mol. The number of aliphatic hydroxyl groups excluding tert-OH is 2. The van der Waals surface area contributed by atoms with Crippen molar-refractivity contribution in [2.45, 2.75) is 49.5 Å². The number of carbonyl (C=O) groups is 1. The third-order valence-corrected chi connectivity index (χ3v) is 5.05. The molecule has 2 heterocycles. The number of hydrogen-bond donors (Lipinski definition) is 2. The lowest BCUT2D eigenvalue weighted by Gasteiger charge is -2.36. The van der Waals surface area contributed by atoms with Crippen molar-refractivity contribution in [1.82, 2.24) is 4.90 Å². The minimum Gasteiger partial charge on any atom is -0.462 e. The molecule has 5 nitrogen and oxygen atoms in total. The summed E-state index contributed by atoms with van der Waals surface area (Å²) in [6, 6.07) is 9.56. The maximum absolute atomic E-state index is 12.4. The van der Waals surface area contributed by atoms with E-state index in [1.54, 1.807) is 0 Å². The summed E-state index contributed by atoms with van der Waals surface area (Å²) in [5.41, 5.74) is 0.769. The van der Waals surface area contributed by atoms with Gasteiger partial charge in [-0.15, -0.1) is 0 Å². The number of carbonyl (C=O) groups excluding carboxylic acids is 1. The van der Waals surface area contributed by atoms with Crippen LogP contribution >= 0.6 is 0 Å². The number of fused-ring (bicyclic) bond motifs is 2. The van der Waals surface area contributed by atoms with Crippen molar-refractivity contribution in [2.75, 3.05) is 13.7 Å². The minimum absolute atomic E-state index is 0.0702. The van der Waals surface area contributed by atoms with Crippen LogP contribution in [0.15, 0.2) is 30.3 Å². The molecule has 120 valence electrons. The van der Waals surface area contributed by atoms with Crippen LogP contribution in [-0.2, 0) is 9.53 Å². The smallest absolute Gasteiger partial charge is 0.316 e. The van der Waals surface area contributed by atoms with Gasteiger partial charge < -0.3 is 14.9 Å². The molecule has 2 aliphatic rings. The maximum atomic E-state index is 12.4. The molecule has 2 N–H and O–H groups in total. The van der Waals surface area contributed by atoms with E-state index in [0.29, 0.717) is 6.42 Å². The van der Waals surface area contributed by atoms with Crippen molar-refractivity contribution in [3.63, 3.8) is 0 Å². The van der Waals surface area contributed by atoms with E-state index < -0.39 is 5.92 Å². The minimum atomic E-state index is -0.636. The molecule has 0 spiro atoms. The zero-order valence-electron chi connectivity index (χ0n) is 12.8. The molecule has 5 atom stereocenters. The number of aliphatic hydroxyl groups is 2. The van der Waals surface area contributed by atoms with Gasteiger partial charge in [0.25, 0.3) is 0 Å². The fourth-order valence-electron chi connectivity index (χ4n) is 3.74. The number of piperidine rings is 1. The fourth-order valence-corrected chi connectivity index (χ4v) is 3.74. The SMILES string of the molecule is CN1[C@@H]2C[C@@H](OC(=O)C(CO)c3ccccc3)C[C@H]1[C@H](O)C2. The van der Waals surface area contributed by atoms with Gasteiger partial charge >= 0.3 is 5.97 Å². The van der Waals surface area contributed by atoms with Crippen LogP contribution in [0, 0.1) is 0 Å². The van der Waals surface area contributed by atoms with Crippen LogP contribution in [0.1, 0.15) is 30.7 Å². The quantitative estimate of drug-likeness (QED) is 0.809. The van der Waals surface area contributed by atoms with E-state index in [0.717, 1.165) is 18.4 Å². The molecule has 2 saturated heterocycles. The van der Waals surface area contributed by atoms with Crippen LogP contribution in [0.5, 0.6) is 0 Å². The van der Waals surface area contributed by atoms with Gasteiger partial charge in [0.1, 0.15) is 12.0 Å². The first-order chi connectivity index (χ1) is 10.6. The molecular formula is C17H23NO4. The van der Waals surface area contributed by atoms with Gasteiger partial charge in [0.05, 0.1) is 12.7 Å². The van der Waals surface area contributed by atoms with Gasteiger partial charge in [0.2, 0.25) is 0 Å². The molecule has 1 aromatic carbocycles. The fraction of sp³-hybridized carbons (Fsp3) is 0.588. The highest BCUT2D eigenvalue weighted by Crippen LogP contribution is 2.36. The van der Waals surface area contributed by atoms with Crippen LogP contribution < -0.4 is 0 Å². The van der Waals surface area contributed by atoms with E-state index in [1.807, 2.05) is 37.4 Å². The van der Waals surface area contributed by atoms with Crippen molar-refractivity contribution < 1.29 is 19.7 Å². The summed E-state index contributed by atoms with van der Waals surface area (Å²) >= 11 is 0. The number of ether oxygens (including phenoxy) is 1. The number of benzene rings is 1. The Hall–Kier alpha value is -1.43. The van der Waals surface area contributed by atoms with E-state index >= 15 is 0 Å². The van der Waals surface area contributed by atoms with Crippen LogP contribution in [0.2, 0.25) is 0 Å². The molecule has 0 amide bonds. The van der Waals surface area contributed by atoms with Crippen LogP contribution in [-0.4, -0.2) is 59.0 Å². The average Bonchev–Trinajstić information content (AvgIpc) is 2.68. The second-order valence-electron chi connectivity index (χ2n) is 6.37. The van der Waals surface area contributed by atoms with Gasteiger partial charge in [0.15, 0.2) is 0 Å². The molecule has 2 fully saturated rings. The summed E-state index contributed by atoms with van der Waals surface area (Å²) in [4.78, 5) is 14.6. The Kier molecular flexibility index (Phi) is 4.47. The van der Waals surface area contributed by atoms with E-state index in [9.17, 15) is 15.0 Å². The number of esters is 1. The molecular weight excluding hydrogens is 282 g/mol. The van der Waals surface area contributed by atoms with Crippen LogP contribution in [0.3, 0.4) is 0 Å². The van der Waals surface area contributed by atoms with Crippen molar-refractivity contribution in [3.05, 3.63) is 35.9 Å². The summed E-state index contributed by atoms with van der Waals surface area (Å²) < 4.78 is 5.64. The van der Waals surface area contributed by atoms with Crippen LogP contribution in [0.25, 0.3) is 0 Å². The highest BCUT2D eigenvalue weighted by Gasteiger charge is 2.45. The van der Waals surface area contributed by atoms with Crippen molar-refractivity contribution in [2.24, 2.45) is 0 Å². The Labute approximate surface area is 130 Å². The third-order valence-electron chi connectivity index (χ3n) is 5.05. The Morgan fingerprint density at radius 1 is 1.32 bits per heavy atom. The Bertz CT molecular complexity index is 521. The number of hydrogen-bond acceptors (Lipinski definition) is 5. The van der Waals surface area contributed by atoms with Gasteiger partial charge in [-0.1, -0.05) is 30.3 Å². The van der Waals surface area contributed by atoms with E-state index in [4.69, 9.17) is 4.74 Å². The molecule has 5 heteroatoms. The zero-order valence-corrected chi connectivity index (χ0v) is 12.8. The first-order valence-electron chi connectivity index (χ1n) is 7.86. The van der Waals surface area contributed by atoms with Gasteiger partial charge in [-0.25, -0.2) is 0 Å². The second-order valence-corrected chi connectivity index (χ2v) is 6.37. The van der Waals surface area contributed by atoms with Crippen LogP contribution in [0.4, 0.5) is 0 Å². The topological polar surface area (TPSA) is 70.0 Å². The van der Waals surface area contributed by atoms with E-state index in [-0.39, 0.29) is 36.9 Å². The lowest BCUT2D eigenvalue weighted by molar-refractivity contribution is -0.155. The van der Waals surface area contributed by atoms with Gasteiger partial charge in [-0.3, -0.25) is 9.69 Å². The van der Waals surface area contributed by atoms with Gasteiger partial charge in [-0.05, 0) is 19.0 Å². The van der Waals surface area contributed by atoms with E-state index in [2.05, 4.69) is 4.90 Å². The molecule has 2 aliphatic heterocycles. The highest BCUT2D eigenvalue weighted by atomic mass is 16.5. The number of nitrogens with zero attached hydrogens (tertiary/aromatic N) is 1. The number of likely N-dealkylation sites (N-methyl/N-ethyl adjacent to an activating group) is 1. The lowest BCUT2D eigenvalue weighted by atomic mass is 9.98. The summed E-state index contributed by atoms with van der Waals surface area (Å²) in [6.07, 6.45) is 1.66.